The average molecular weight is 238 g/mol. The van der Waals surface area contributed by atoms with Crippen molar-refractivity contribution in [1.82, 2.24) is 4.90 Å². The van der Waals surface area contributed by atoms with E-state index in [2.05, 4.69) is 23.8 Å². The van der Waals surface area contributed by atoms with E-state index >= 15 is 0 Å². The number of aliphatic hydroxyl groups is 1. The van der Waals surface area contributed by atoms with Crippen LogP contribution in [0.5, 0.6) is 0 Å². The van der Waals surface area contributed by atoms with Gasteiger partial charge >= 0.3 is 0 Å². The normalized spacial score (nSPS) is 26.2. The summed E-state index contributed by atoms with van der Waals surface area (Å²) in [5.41, 5.74) is 0.851. The van der Waals surface area contributed by atoms with Gasteiger partial charge in [0.2, 0.25) is 0 Å². The molecule has 0 saturated carbocycles. The van der Waals surface area contributed by atoms with Crippen molar-refractivity contribution in [2.24, 2.45) is 0 Å². The van der Waals surface area contributed by atoms with Gasteiger partial charge in [0.25, 0.3) is 0 Å². The smallest absolute Gasteiger partial charge is 0.125 e. The minimum absolute atomic E-state index is 0.0398. The highest BCUT2D eigenvalue weighted by Crippen LogP contribution is 2.23. The van der Waals surface area contributed by atoms with Crippen LogP contribution in [0.15, 0.2) is 24.3 Å². The van der Waals surface area contributed by atoms with Gasteiger partial charge in [-0.1, -0.05) is 6.07 Å². The van der Waals surface area contributed by atoms with Crippen LogP contribution in [0.3, 0.4) is 0 Å². The summed E-state index contributed by atoms with van der Waals surface area (Å²) in [6, 6.07) is 7.02. The van der Waals surface area contributed by atoms with E-state index in [-0.39, 0.29) is 18.5 Å². The summed E-state index contributed by atoms with van der Waals surface area (Å²) in [5, 5.41) is 9.43. The van der Waals surface area contributed by atoms with Gasteiger partial charge in [-0.05, 0) is 32.2 Å². The molecule has 0 bridgehead atoms. The first kappa shape index (κ1) is 12.3. The average Bonchev–Trinajstić information content (AvgIpc) is 2.32. The molecule has 1 aliphatic rings. The van der Waals surface area contributed by atoms with Gasteiger partial charge in [-0.3, -0.25) is 4.90 Å². The highest BCUT2D eigenvalue weighted by Gasteiger charge is 2.29. The number of rotatable bonds is 2. The quantitative estimate of drug-likeness (QED) is 0.842. The third-order valence-electron chi connectivity index (χ3n) is 3.50. The molecule has 2 unspecified atom stereocenters. The fourth-order valence-electron chi connectivity index (χ4n) is 2.31. The fourth-order valence-corrected chi connectivity index (χ4v) is 2.31. The van der Waals surface area contributed by atoms with Crippen molar-refractivity contribution in [2.75, 3.05) is 31.6 Å². The van der Waals surface area contributed by atoms with E-state index < -0.39 is 0 Å². The molecule has 1 aliphatic heterocycles. The largest absolute Gasteiger partial charge is 0.394 e. The maximum Gasteiger partial charge on any atom is 0.125 e. The van der Waals surface area contributed by atoms with Gasteiger partial charge in [-0.15, -0.1) is 0 Å². The van der Waals surface area contributed by atoms with Gasteiger partial charge < -0.3 is 10.0 Å². The Labute approximate surface area is 101 Å². The van der Waals surface area contributed by atoms with Crippen LogP contribution in [0.4, 0.5) is 10.1 Å². The third kappa shape index (κ3) is 2.58. The molecule has 1 N–H and O–H groups in total. The summed E-state index contributed by atoms with van der Waals surface area (Å²) in [7, 11) is 2.05. The first-order valence-corrected chi connectivity index (χ1v) is 5.95. The fraction of sp³-hybridized carbons (Fsp3) is 0.538. The first-order valence-electron chi connectivity index (χ1n) is 5.95. The minimum atomic E-state index is -0.231. The number of anilines is 1. The van der Waals surface area contributed by atoms with Gasteiger partial charge in [-0.2, -0.15) is 0 Å². The lowest BCUT2D eigenvalue weighted by Gasteiger charge is -2.44. The van der Waals surface area contributed by atoms with Gasteiger partial charge in [0.15, 0.2) is 0 Å². The third-order valence-corrected chi connectivity index (χ3v) is 3.50. The lowest BCUT2D eigenvalue weighted by Crippen LogP contribution is -2.57. The summed E-state index contributed by atoms with van der Waals surface area (Å²) in [6.45, 7) is 3.84. The van der Waals surface area contributed by atoms with E-state index in [4.69, 9.17) is 0 Å². The summed E-state index contributed by atoms with van der Waals surface area (Å²) >= 11 is 0. The lowest BCUT2D eigenvalue weighted by molar-refractivity contribution is 0.155. The minimum Gasteiger partial charge on any atom is -0.394 e. The predicted octanol–water partition coefficient (Wildman–Crippen LogP) is 1.33. The van der Waals surface area contributed by atoms with Crippen molar-refractivity contribution in [2.45, 2.75) is 19.0 Å². The summed E-state index contributed by atoms with van der Waals surface area (Å²) in [4.78, 5) is 4.31. The van der Waals surface area contributed by atoms with E-state index in [1.165, 1.54) is 12.1 Å². The molecule has 0 aliphatic carbocycles. The van der Waals surface area contributed by atoms with Crippen molar-refractivity contribution in [3.8, 4) is 0 Å². The maximum atomic E-state index is 13.2. The zero-order valence-corrected chi connectivity index (χ0v) is 10.3. The highest BCUT2D eigenvalue weighted by molar-refractivity contribution is 5.48. The molecule has 2 rings (SSSR count). The SMILES string of the molecule is CC1CN(c2cccc(F)c2)C(CO)CN1C. The van der Waals surface area contributed by atoms with E-state index in [1.807, 2.05) is 6.07 Å². The molecule has 2 atom stereocenters. The molecule has 1 fully saturated rings. The van der Waals surface area contributed by atoms with Crippen molar-refractivity contribution < 1.29 is 9.50 Å². The first-order chi connectivity index (χ1) is 8.11. The van der Waals surface area contributed by atoms with Gasteiger partial charge in [-0.25, -0.2) is 4.39 Å². The van der Waals surface area contributed by atoms with E-state index in [0.717, 1.165) is 18.8 Å². The number of halogens is 1. The molecule has 17 heavy (non-hydrogen) atoms. The van der Waals surface area contributed by atoms with Crippen molar-refractivity contribution in [1.29, 1.82) is 0 Å². The number of benzene rings is 1. The Morgan fingerprint density at radius 3 is 2.82 bits per heavy atom. The Hall–Kier alpha value is -1.13. The van der Waals surface area contributed by atoms with Crippen molar-refractivity contribution in [3.05, 3.63) is 30.1 Å². The number of nitrogens with zero attached hydrogens (tertiary/aromatic N) is 2. The molecule has 1 saturated heterocycles. The molecule has 94 valence electrons. The van der Waals surface area contributed by atoms with E-state index in [1.54, 1.807) is 6.07 Å². The second-order valence-corrected chi connectivity index (χ2v) is 4.76. The second kappa shape index (κ2) is 5.02. The maximum absolute atomic E-state index is 13.2. The lowest BCUT2D eigenvalue weighted by atomic mass is 10.1. The van der Waals surface area contributed by atoms with Crippen LogP contribution in [0, 0.1) is 5.82 Å². The van der Waals surface area contributed by atoms with Crippen molar-refractivity contribution >= 4 is 5.69 Å². The monoisotopic (exact) mass is 238 g/mol. The van der Waals surface area contributed by atoms with Gasteiger partial charge in [0.1, 0.15) is 5.82 Å². The molecule has 1 aromatic rings. The number of likely N-dealkylation sites (N-methyl/N-ethyl adjacent to an activating group) is 1. The number of piperazine rings is 1. The van der Waals surface area contributed by atoms with Crippen LogP contribution in [-0.2, 0) is 0 Å². The van der Waals surface area contributed by atoms with E-state index in [9.17, 15) is 9.50 Å². The molecule has 0 amide bonds. The molecule has 0 radical (unpaired) electrons. The van der Waals surface area contributed by atoms with Gasteiger partial charge in [0, 0.05) is 24.8 Å². The topological polar surface area (TPSA) is 26.7 Å². The van der Waals surface area contributed by atoms with Crippen LogP contribution in [0.25, 0.3) is 0 Å². The summed E-state index contributed by atoms with van der Waals surface area (Å²) < 4.78 is 13.2. The Morgan fingerprint density at radius 1 is 1.41 bits per heavy atom. The zero-order valence-electron chi connectivity index (χ0n) is 10.3. The van der Waals surface area contributed by atoms with Crippen LogP contribution in [-0.4, -0.2) is 48.8 Å². The molecular weight excluding hydrogens is 219 g/mol. The number of aliphatic hydroxyl groups excluding tert-OH is 1. The molecular formula is C13H19FN2O. The number of hydrogen-bond donors (Lipinski definition) is 1. The summed E-state index contributed by atoms with van der Waals surface area (Å²) in [5.74, 6) is -0.231. The van der Waals surface area contributed by atoms with Crippen LogP contribution >= 0.6 is 0 Å². The molecule has 0 spiro atoms. The Balaban J connectivity index is 2.23. The molecule has 4 heteroatoms. The van der Waals surface area contributed by atoms with Crippen molar-refractivity contribution in [3.63, 3.8) is 0 Å². The van der Waals surface area contributed by atoms with Crippen LogP contribution in [0.2, 0.25) is 0 Å². The van der Waals surface area contributed by atoms with E-state index in [0.29, 0.717) is 6.04 Å². The second-order valence-electron chi connectivity index (χ2n) is 4.76. The number of hydrogen-bond acceptors (Lipinski definition) is 3. The summed E-state index contributed by atoms with van der Waals surface area (Å²) in [6.07, 6.45) is 0. The van der Waals surface area contributed by atoms with Crippen LogP contribution < -0.4 is 4.90 Å². The Bertz CT molecular complexity index is 385. The molecule has 1 aromatic carbocycles. The highest BCUT2D eigenvalue weighted by atomic mass is 19.1. The molecule has 1 heterocycles. The Morgan fingerprint density at radius 2 is 2.18 bits per heavy atom. The Kier molecular flexibility index (Phi) is 3.64. The van der Waals surface area contributed by atoms with Gasteiger partial charge in [0.05, 0.1) is 12.6 Å². The predicted molar refractivity (Wildman–Crippen MR) is 66.7 cm³/mol. The van der Waals surface area contributed by atoms with Crippen LogP contribution in [0.1, 0.15) is 6.92 Å². The molecule has 0 aromatic heterocycles. The zero-order chi connectivity index (χ0) is 12.4. The molecule has 3 nitrogen and oxygen atoms in total. The standard InChI is InChI=1S/C13H19FN2O/c1-10-7-16(13(9-17)8-15(10)2)12-5-3-4-11(14)6-12/h3-6,10,13,17H,7-9H2,1-2H3.